The summed E-state index contributed by atoms with van der Waals surface area (Å²) in [4.78, 5) is 13.0. The van der Waals surface area contributed by atoms with Crippen LogP contribution in [-0.4, -0.2) is 37.1 Å². The molecule has 1 aliphatic rings. The lowest BCUT2D eigenvalue weighted by atomic mass is 10.1. The second-order valence-electron chi connectivity index (χ2n) is 4.16. The molecule has 1 saturated heterocycles. The number of halogens is 2. The normalized spacial score (nSPS) is 17.9. The average Bonchev–Trinajstić information content (AvgIpc) is 2.35. The van der Waals surface area contributed by atoms with Crippen LogP contribution < -0.4 is 5.73 Å². The zero-order valence-electron chi connectivity index (χ0n) is 9.73. The number of ether oxygens (including phenoxy) is 1. The van der Waals surface area contributed by atoms with Crippen LogP contribution in [0.4, 0.5) is 8.78 Å². The molecule has 1 amide bonds. The van der Waals surface area contributed by atoms with E-state index in [9.17, 15) is 13.6 Å². The van der Waals surface area contributed by atoms with Gasteiger partial charge >= 0.3 is 0 Å². The summed E-state index contributed by atoms with van der Waals surface area (Å²) >= 11 is 0. The van der Waals surface area contributed by atoms with Gasteiger partial charge in [0.15, 0.2) is 0 Å². The maximum atomic E-state index is 13.5. The largest absolute Gasteiger partial charge is 0.370 e. The molecular formula is C12H14F2N2O2. The predicted molar refractivity (Wildman–Crippen MR) is 60.7 cm³/mol. The van der Waals surface area contributed by atoms with Crippen molar-refractivity contribution in [3.8, 4) is 0 Å². The van der Waals surface area contributed by atoms with E-state index >= 15 is 0 Å². The SMILES string of the molecule is NC(CN1CCOCC1=O)c1cc(F)ccc1F. The van der Waals surface area contributed by atoms with Gasteiger partial charge in [-0.15, -0.1) is 0 Å². The molecule has 6 heteroatoms. The third kappa shape index (κ3) is 2.83. The number of hydrogen-bond donors (Lipinski definition) is 1. The van der Waals surface area contributed by atoms with Crippen LogP contribution in [0.3, 0.4) is 0 Å². The van der Waals surface area contributed by atoms with E-state index in [1.807, 2.05) is 0 Å². The fourth-order valence-electron chi connectivity index (χ4n) is 1.88. The lowest BCUT2D eigenvalue weighted by Gasteiger charge is -2.29. The van der Waals surface area contributed by atoms with Gasteiger partial charge in [0.05, 0.1) is 12.6 Å². The molecule has 1 heterocycles. The predicted octanol–water partition coefficient (Wildman–Crippen LogP) is 0.823. The Hall–Kier alpha value is -1.53. The quantitative estimate of drug-likeness (QED) is 0.871. The van der Waals surface area contributed by atoms with Crippen molar-refractivity contribution in [3.63, 3.8) is 0 Å². The minimum atomic E-state index is -0.747. The summed E-state index contributed by atoms with van der Waals surface area (Å²) in [7, 11) is 0. The van der Waals surface area contributed by atoms with Crippen LogP contribution in [0.25, 0.3) is 0 Å². The molecule has 1 aliphatic heterocycles. The van der Waals surface area contributed by atoms with E-state index in [2.05, 4.69) is 0 Å². The summed E-state index contributed by atoms with van der Waals surface area (Å²) in [5.74, 6) is -1.30. The van der Waals surface area contributed by atoms with E-state index in [1.54, 1.807) is 0 Å². The summed E-state index contributed by atoms with van der Waals surface area (Å²) in [6.45, 7) is 1.02. The van der Waals surface area contributed by atoms with Gasteiger partial charge < -0.3 is 15.4 Å². The van der Waals surface area contributed by atoms with Gasteiger partial charge in [-0.25, -0.2) is 8.78 Å². The maximum Gasteiger partial charge on any atom is 0.248 e. The van der Waals surface area contributed by atoms with Crippen molar-refractivity contribution >= 4 is 5.91 Å². The minimum Gasteiger partial charge on any atom is -0.370 e. The molecule has 1 aromatic rings. The molecule has 0 radical (unpaired) electrons. The van der Waals surface area contributed by atoms with Gasteiger partial charge in [0.1, 0.15) is 18.2 Å². The third-order valence-corrected chi connectivity index (χ3v) is 2.86. The molecule has 98 valence electrons. The number of morpholine rings is 1. The molecule has 0 aromatic heterocycles. The fourth-order valence-corrected chi connectivity index (χ4v) is 1.88. The van der Waals surface area contributed by atoms with Crippen LogP contribution in [0.2, 0.25) is 0 Å². The van der Waals surface area contributed by atoms with Gasteiger partial charge in [0, 0.05) is 18.7 Å². The molecular weight excluding hydrogens is 242 g/mol. The van der Waals surface area contributed by atoms with Gasteiger partial charge in [-0.3, -0.25) is 4.79 Å². The number of amides is 1. The average molecular weight is 256 g/mol. The topological polar surface area (TPSA) is 55.6 Å². The van der Waals surface area contributed by atoms with Crippen molar-refractivity contribution in [1.29, 1.82) is 0 Å². The Morgan fingerprint density at radius 3 is 2.94 bits per heavy atom. The summed E-state index contributed by atoms with van der Waals surface area (Å²) in [5, 5.41) is 0. The van der Waals surface area contributed by atoms with Crippen molar-refractivity contribution in [3.05, 3.63) is 35.4 Å². The molecule has 0 spiro atoms. The highest BCUT2D eigenvalue weighted by atomic mass is 19.1. The molecule has 18 heavy (non-hydrogen) atoms. The first-order chi connectivity index (χ1) is 8.58. The van der Waals surface area contributed by atoms with E-state index in [-0.39, 0.29) is 24.6 Å². The van der Waals surface area contributed by atoms with E-state index in [1.165, 1.54) is 4.90 Å². The number of carbonyl (C=O) groups excluding carboxylic acids is 1. The van der Waals surface area contributed by atoms with E-state index in [0.29, 0.717) is 13.2 Å². The second-order valence-corrected chi connectivity index (χ2v) is 4.16. The molecule has 0 aliphatic carbocycles. The van der Waals surface area contributed by atoms with Crippen molar-refractivity contribution in [1.82, 2.24) is 4.90 Å². The summed E-state index contributed by atoms with van der Waals surface area (Å²) in [6.07, 6.45) is 0. The lowest BCUT2D eigenvalue weighted by molar-refractivity contribution is -0.142. The molecule has 0 saturated carbocycles. The van der Waals surface area contributed by atoms with Crippen LogP contribution in [0, 0.1) is 11.6 Å². The first-order valence-electron chi connectivity index (χ1n) is 5.64. The zero-order chi connectivity index (χ0) is 13.1. The third-order valence-electron chi connectivity index (χ3n) is 2.86. The summed E-state index contributed by atoms with van der Waals surface area (Å²) in [5.41, 5.74) is 5.89. The highest BCUT2D eigenvalue weighted by Crippen LogP contribution is 2.18. The van der Waals surface area contributed by atoms with Crippen LogP contribution in [0.1, 0.15) is 11.6 Å². The van der Waals surface area contributed by atoms with Gasteiger partial charge in [-0.2, -0.15) is 0 Å². The Morgan fingerprint density at radius 2 is 2.22 bits per heavy atom. The van der Waals surface area contributed by atoms with Crippen molar-refractivity contribution in [2.75, 3.05) is 26.3 Å². The molecule has 0 bridgehead atoms. The molecule has 4 nitrogen and oxygen atoms in total. The zero-order valence-corrected chi connectivity index (χ0v) is 9.73. The summed E-state index contributed by atoms with van der Waals surface area (Å²) < 4.78 is 31.5. The van der Waals surface area contributed by atoms with E-state index in [4.69, 9.17) is 10.5 Å². The molecule has 1 aromatic carbocycles. The molecule has 2 N–H and O–H groups in total. The standard InChI is InChI=1S/C12H14F2N2O2/c13-8-1-2-10(14)9(5-8)11(15)6-16-3-4-18-7-12(16)17/h1-2,5,11H,3-4,6-7,15H2. The van der Waals surface area contributed by atoms with Gasteiger partial charge in [-0.05, 0) is 18.2 Å². The number of carbonyl (C=O) groups is 1. The highest BCUT2D eigenvalue weighted by Gasteiger charge is 2.22. The van der Waals surface area contributed by atoms with Gasteiger partial charge in [0.25, 0.3) is 0 Å². The number of hydrogen-bond acceptors (Lipinski definition) is 3. The Labute approximate surface area is 103 Å². The number of benzene rings is 1. The summed E-state index contributed by atoms with van der Waals surface area (Å²) in [6, 6.07) is 2.38. The van der Waals surface area contributed by atoms with Crippen LogP contribution in [0.5, 0.6) is 0 Å². The van der Waals surface area contributed by atoms with Crippen LogP contribution in [-0.2, 0) is 9.53 Å². The maximum absolute atomic E-state index is 13.5. The monoisotopic (exact) mass is 256 g/mol. The minimum absolute atomic E-state index is 0.0123. The lowest BCUT2D eigenvalue weighted by Crippen LogP contribution is -2.45. The Bertz CT molecular complexity index is 454. The van der Waals surface area contributed by atoms with Crippen molar-refractivity contribution in [2.24, 2.45) is 5.73 Å². The number of rotatable bonds is 3. The first kappa shape index (κ1) is 12.9. The van der Waals surface area contributed by atoms with Crippen molar-refractivity contribution in [2.45, 2.75) is 6.04 Å². The van der Waals surface area contributed by atoms with Crippen molar-refractivity contribution < 1.29 is 18.3 Å². The van der Waals surface area contributed by atoms with Gasteiger partial charge in [0.2, 0.25) is 5.91 Å². The smallest absolute Gasteiger partial charge is 0.248 e. The number of nitrogens with two attached hydrogens (primary N) is 1. The number of nitrogens with zero attached hydrogens (tertiary/aromatic N) is 1. The molecule has 2 rings (SSSR count). The van der Waals surface area contributed by atoms with E-state index < -0.39 is 17.7 Å². The Kier molecular flexibility index (Phi) is 3.88. The first-order valence-corrected chi connectivity index (χ1v) is 5.64. The molecule has 1 fully saturated rings. The molecule has 1 unspecified atom stereocenters. The fraction of sp³-hybridized carbons (Fsp3) is 0.417. The van der Waals surface area contributed by atoms with Crippen LogP contribution in [0.15, 0.2) is 18.2 Å². The van der Waals surface area contributed by atoms with Gasteiger partial charge in [-0.1, -0.05) is 0 Å². The Balaban J connectivity index is 2.08. The van der Waals surface area contributed by atoms with Crippen LogP contribution >= 0.6 is 0 Å². The van der Waals surface area contributed by atoms with E-state index in [0.717, 1.165) is 18.2 Å². The second kappa shape index (κ2) is 5.41. The molecule has 1 atom stereocenters. The Morgan fingerprint density at radius 1 is 1.44 bits per heavy atom. The highest BCUT2D eigenvalue weighted by molar-refractivity contribution is 5.78.